The summed E-state index contributed by atoms with van der Waals surface area (Å²) in [5, 5.41) is 0.744. The van der Waals surface area contributed by atoms with Crippen LogP contribution in [0.25, 0.3) is 0 Å². The maximum absolute atomic E-state index is 12.7. The normalized spacial score (nSPS) is 24.8. The Kier molecular flexibility index (Phi) is 4.17. The highest BCUT2D eigenvalue weighted by Gasteiger charge is 2.36. The largest absolute Gasteiger partial charge is 0.298 e. The molecule has 6 heteroatoms. The summed E-state index contributed by atoms with van der Waals surface area (Å²) in [7, 11) is -3.33. The number of nitrogens with zero attached hydrogens (tertiary/aromatic N) is 2. The molecule has 2 heterocycles. The van der Waals surface area contributed by atoms with E-state index in [9.17, 15) is 8.42 Å². The summed E-state index contributed by atoms with van der Waals surface area (Å²) >= 11 is 3.37. The highest BCUT2D eigenvalue weighted by Crippen LogP contribution is 2.26. The van der Waals surface area contributed by atoms with Gasteiger partial charge >= 0.3 is 0 Å². The van der Waals surface area contributed by atoms with Gasteiger partial charge in [-0.2, -0.15) is 4.31 Å². The zero-order valence-corrected chi connectivity index (χ0v) is 13.7. The van der Waals surface area contributed by atoms with E-state index < -0.39 is 10.0 Å². The molecule has 3 rings (SSSR count). The second-order valence-corrected chi connectivity index (χ2v) is 7.97. The molecule has 2 saturated heterocycles. The lowest BCUT2D eigenvalue weighted by molar-refractivity contribution is 0.158. The summed E-state index contributed by atoms with van der Waals surface area (Å²) in [6.07, 6.45) is 2.31. The highest BCUT2D eigenvalue weighted by atomic mass is 79.9. The summed E-state index contributed by atoms with van der Waals surface area (Å²) in [5.41, 5.74) is 1.09. The third kappa shape index (κ3) is 2.66. The number of fused-ring (bicyclic) bond motifs is 1. The molecule has 2 fully saturated rings. The lowest BCUT2D eigenvalue weighted by atomic mass is 10.2. The molecule has 2 aliphatic heterocycles. The lowest BCUT2D eigenvalue weighted by Gasteiger charge is -2.36. The topological polar surface area (TPSA) is 40.6 Å². The summed E-state index contributed by atoms with van der Waals surface area (Å²) in [4.78, 5) is 2.83. The second kappa shape index (κ2) is 5.75. The van der Waals surface area contributed by atoms with E-state index in [1.165, 1.54) is 6.42 Å². The zero-order chi connectivity index (χ0) is 14.2. The standard InChI is InChI=1S/C14H19BrN2O2S/c15-10-12-3-5-14(6-4-12)20(18,19)17-9-8-16-7-1-2-13(16)11-17/h3-6,13H,1-2,7-11H2. The molecule has 1 unspecified atom stereocenters. The number of piperazine rings is 1. The predicted octanol–water partition coefficient (Wildman–Crippen LogP) is 2.05. The van der Waals surface area contributed by atoms with Gasteiger partial charge in [0.2, 0.25) is 10.0 Å². The minimum atomic E-state index is -3.33. The van der Waals surface area contributed by atoms with Crippen molar-refractivity contribution in [2.75, 3.05) is 26.2 Å². The van der Waals surface area contributed by atoms with Gasteiger partial charge in [-0.25, -0.2) is 8.42 Å². The number of benzene rings is 1. The van der Waals surface area contributed by atoms with Crippen molar-refractivity contribution in [1.82, 2.24) is 9.21 Å². The Hall–Kier alpha value is -0.430. The number of alkyl halides is 1. The first-order valence-electron chi connectivity index (χ1n) is 7.00. The van der Waals surface area contributed by atoms with E-state index >= 15 is 0 Å². The molecule has 0 bridgehead atoms. The molecular weight excluding hydrogens is 340 g/mol. The number of hydrogen-bond donors (Lipinski definition) is 0. The molecule has 110 valence electrons. The third-order valence-electron chi connectivity index (χ3n) is 4.27. The first kappa shape index (κ1) is 14.5. The number of rotatable bonds is 3. The van der Waals surface area contributed by atoms with Crippen molar-refractivity contribution in [3.8, 4) is 0 Å². The Morgan fingerprint density at radius 3 is 2.60 bits per heavy atom. The van der Waals surface area contributed by atoms with Gasteiger partial charge in [-0.15, -0.1) is 0 Å². The van der Waals surface area contributed by atoms with Crippen LogP contribution in [0, 0.1) is 0 Å². The molecule has 0 amide bonds. The van der Waals surface area contributed by atoms with Crippen LogP contribution in [0.2, 0.25) is 0 Å². The summed E-state index contributed by atoms with van der Waals surface area (Å²) in [5.74, 6) is 0. The van der Waals surface area contributed by atoms with Gasteiger partial charge in [0.25, 0.3) is 0 Å². The van der Waals surface area contributed by atoms with Crippen LogP contribution in [0.3, 0.4) is 0 Å². The molecule has 4 nitrogen and oxygen atoms in total. The average Bonchev–Trinajstić information content (AvgIpc) is 2.94. The third-order valence-corrected chi connectivity index (χ3v) is 6.79. The smallest absolute Gasteiger partial charge is 0.243 e. The Balaban J connectivity index is 1.80. The van der Waals surface area contributed by atoms with Crippen LogP contribution in [-0.2, 0) is 15.4 Å². The SMILES string of the molecule is O=S(=O)(c1ccc(CBr)cc1)N1CCN2CCCC2C1. The van der Waals surface area contributed by atoms with Crippen molar-refractivity contribution in [1.29, 1.82) is 0 Å². The summed E-state index contributed by atoms with van der Waals surface area (Å²) in [6.45, 7) is 3.24. The van der Waals surface area contributed by atoms with Gasteiger partial charge in [0.05, 0.1) is 4.90 Å². The van der Waals surface area contributed by atoms with Gasteiger partial charge in [0.1, 0.15) is 0 Å². The van der Waals surface area contributed by atoms with Crippen LogP contribution in [0.15, 0.2) is 29.2 Å². The van der Waals surface area contributed by atoms with Crippen molar-refractivity contribution in [2.24, 2.45) is 0 Å². The van der Waals surface area contributed by atoms with Crippen LogP contribution in [0.4, 0.5) is 0 Å². The first-order chi connectivity index (χ1) is 9.61. The van der Waals surface area contributed by atoms with E-state index in [0.717, 1.165) is 30.4 Å². The summed E-state index contributed by atoms with van der Waals surface area (Å²) < 4.78 is 27.0. The second-order valence-electron chi connectivity index (χ2n) is 5.47. The Morgan fingerprint density at radius 2 is 1.90 bits per heavy atom. The molecule has 1 aromatic rings. The molecule has 20 heavy (non-hydrogen) atoms. The van der Waals surface area contributed by atoms with Gasteiger partial charge in [-0.05, 0) is 37.1 Å². The average molecular weight is 359 g/mol. The Bertz CT molecular complexity index is 573. The number of hydrogen-bond acceptors (Lipinski definition) is 3. The molecule has 1 atom stereocenters. The highest BCUT2D eigenvalue weighted by molar-refractivity contribution is 9.08. The van der Waals surface area contributed by atoms with E-state index in [4.69, 9.17) is 0 Å². The quantitative estimate of drug-likeness (QED) is 0.776. The molecule has 0 spiro atoms. The van der Waals surface area contributed by atoms with Crippen molar-refractivity contribution >= 4 is 26.0 Å². The van der Waals surface area contributed by atoms with Crippen LogP contribution >= 0.6 is 15.9 Å². The Morgan fingerprint density at radius 1 is 1.15 bits per heavy atom. The van der Waals surface area contributed by atoms with E-state index in [0.29, 0.717) is 24.0 Å². The van der Waals surface area contributed by atoms with Crippen LogP contribution in [-0.4, -0.2) is 49.8 Å². The van der Waals surface area contributed by atoms with Crippen molar-refractivity contribution < 1.29 is 8.42 Å². The molecule has 0 saturated carbocycles. The lowest BCUT2D eigenvalue weighted by Crippen LogP contribution is -2.51. The molecule has 0 aliphatic carbocycles. The molecule has 2 aliphatic rings. The fourth-order valence-electron chi connectivity index (χ4n) is 3.08. The minimum Gasteiger partial charge on any atom is -0.298 e. The summed E-state index contributed by atoms with van der Waals surface area (Å²) in [6, 6.07) is 7.58. The van der Waals surface area contributed by atoms with Crippen molar-refractivity contribution in [3.05, 3.63) is 29.8 Å². The molecular formula is C14H19BrN2O2S. The van der Waals surface area contributed by atoms with E-state index in [-0.39, 0.29) is 0 Å². The molecule has 0 N–H and O–H groups in total. The van der Waals surface area contributed by atoms with E-state index in [2.05, 4.69) is 20.8 Å². The monoisotopic (exact) mass is 358 g/mol. The van der Waals surface area contributed by atoms with Crippen molar-refractivity contribution in [2.45, 2.75) is 29.1 Å². The molecule has 0 radical (unpaired) electrons. The Labute approximate surface area is 128 Å². The first-order valence-corrected chi connectivity index (χ1v) is 9.56. The maximum atomic E-state index is 12.7. The van der Waals surface area contributed by atoms with Crippen LogP contribution in [0.5, 0.6) is 0 Å². The van der Waals surface area contributed by atoms with Gasteiger partial charge in [0.15, 0.2) is 0 Å². The predicted molar refractivity (Wildman–Crippen MR) is 82.4 cm³/mol. The van der Waals surface area contributed by atoms with Crippen LogP contribution < -0.4 is 0 Å². The fourth-order valence-corrected chi connectivity index (χ4v) is 4.92. The van der Waals surface area contributed by atoms with Gasteiger partial charge in [-0.3, -0.25) is 4.90 Å². The molecule has 1 aromatic carbocycles. The van der Waals surface area contributed by atoms with Gasteiger partial charge < -0.3 is 0 Å². The fraction of sp³-hybridized carbons (Fsp3) is 0.571. The minimum absolute atomic E-state index is 0.411. The van der Waals surface area contributed by atoms with Gasteiger partial charge in [-0.1, -0.05) is 28.1 Å². The number of sulfonamides is 1. The van der Waals surface area contributed by atoms with Gasteiger partial charge in [0, 0.05) is 31.0 Å². The zero-order valence-electron chi connectivity index (χ0n) is 11.3. The molecule has 0 aromatic heterocycles. The van der Waals surface area contributed by atoms with E-state index in [1.807, 2.05) is 12.1 Å². The maximum Gasteiger partial charge on any atom is 0.243 e. The van der Waals surface area contributed by atoms with Crippen LogP contribution in [0.1, 0.15) is 18.4 Å². The van der Waals surface area contributed by atoms with E-state index in [1.54, 1.807) is 16.4 Å². The van der Waals surface area contributed by atoms with Crippen molar-refractivity contribution in [3.63, 3.8) is 0 Å². The number of halogens is 1.